The van der Waals surface area contributed by atoms with Crippen molar-refractivity contribution in [2.24, 2.45) is 5.73 Å². The Labute approximate surface area is 101 Å². The molecule has 4 nitrogen and oxygen atoms in total. The second-order valence-corrected chi connectivity index (χ2v) is 4.60. The lowest BCUT2D eigenvalue weighted by Crippen LogP contribution is -2.24. The number of likely N-dealkylation sites (N-methyl/N-ethyl adjacent to an activating group) is 1. The molecule has 1 saturated heterocycles. The molecule has 2 rings (SSSR count). The molecular formula is C11H16N4S. The highest BCUT2D eigenvalue weighted by Crippen LogP contribution is 2.13. The van der Waals surface area contributed by atoms with Crippen molar-refractivity contribution >= 4 is 23.0 Å². The van der Waals surface area contributed by atoms with E-state index >= 15 is 0 Å². The molecule has 0 amide bonds. The van der Waals surface area contributed by atoms with Gasteiger partial charge in [0.15, 0.2) is 0 Å². The molecule has 0 radical (unpaired) electrons. The fraction of sp³-hybridized carbons (Fsp3) is 0.455. The average molecular weight is 236 g/mol. The van der Waals surface area contributed by atoms with Gasteiger partial charge in [0.2, 0.25) is 0 Å². The Hall–Kier alpha value is -1.20. The van der Waals surface area contributed by atoms with Gasteiger partial charge in [0.1, 0.15) is 10.8 Å². The summed E-state index contributed by atoms with van der Waals surface area (Å²) in [5.74, 6) is 0.852. The summed E-state index contributed by atoms with van der Waals surface area (Å²) in [7, 11) is 2.13. The second kappa shape index (κ2) is 4.76. The summed E-state index contributed by atoms with van der Waals surface area (Å²) in [5.41, 5.74) is 6.22. The number of anilines is 1. The van der Waals surface area contributed by atoms with Crippen LogP contribution in [-0.4, -0.2) is 41.1 Å². The fourth-order valence-electron chi connectivity index (χ4n) is 1.91. The molecule has 0 aromatic carbocycles. The molecule has 1 aliphatic rings. The Kier molecular flexibility index (Phi) is 3.36. The maximum absolute atomic E-state index is 5.55. The summed E-state index contributed by atoms with van der Waals surface area (Å²) in [6.07, 6.45) is 1.15. The van der Waals surface area contributed by atoms with Crippen molar-refractivity contribution in [1.82, 2.24) is 9.88 Å². The smallest absolute Gasteiger partial charge is 0.126 e. The number of nitrogens with zero attached hydrogens (tertiary/aromatic N) is 2. The Bertz CT molecular complexity index is 393. The number of pyridine rings is 1. The van der Waals surface area contributed by atoms with Gasteiger partial charge in [-0.1, -0.05) is 18.3 Å². The second-order valence-electron chi connectivity index (χ2n) is 4.16. The third-order valence-electron chi connectivity index (χ3n) is 2.74. The Balaban J connectivity index is 2.04. The molecule has 1 aromatic rings. The van der Waals surface area contributed by atoms with E-state index in [2.05, 4.69) is 22.2 Å². The molecule has 3 N–H and O–H groups in total. The van der Waals surface area contributed by atoms with E-state index in [1.54, 1.807) is 0 Å². The monoisotopic (exact) mass is 236 g/mol. The molecule has 5 heteroatoms. The van der Waals surface area contributed by atoms with Crippen LogP contribution < -0.4 is 11.1 Å². The lowest BCUT2D eigenvalue weighted by atomic mass is 10.2. The minimum atomic E-state index is 0.340. The van der Waals surface area contributed by atoms with Gasteiger partial charge in [-0.25, -0.2) is 4.98 Å². The molecule has 1 aromatic heterocycles. The lowest BCUT2D eigenvalue weighted by Gasteiger charge is -2.13. The lowest BCUT2D eigenvalue weighted by molar-refractivity contribution is 0.414. The van der Waals surface area contributed by atoms with Crippen LogP contribution in [0.2, 0.25) is 0 Å². The molecule has 2 heterocycles. The molecule has 0 aliphatic carbocycles. The zero-order valence-electron chi connectivity index (χ0n) is 9.31. The zero-order valence-corrected chi connectivity index (χ0v) is 10.1. The minimum absolute atomic E-state index is 0.340. The zero-order chi connectivity index (χ0) is 11.5. The first kappa shape index (κ1) is 11.3. The van der Waals surface area contributed by atoms with Crippen LogP contribution in [0.1, 0.15) is 12.1 Å². The summed E-state index contributed by atoms with van der Waals surface area (Å²) in [6.45, 7) is 2.19. The van der Waals surface area contributed by atoms with Gasteiger partial charge < -0.3 is 16.0 Å². The summed E-state index contributed by atoms with van der Waals surface area (Å²) in [6, 6.07) is 6.16. The predicted molar refractivity (Wildman–Crippen MR) is 69.6 cm³/mol. The van der Waals surface area contributed by atoms with Crippen LogP contribution in [0.3, 0.4) is 0 Å². The third-order valence-corrected chi connectivity index (χ3v) is 2.95. The molecule has 86 valence electrons. The SMILES string of the molecule is CN1CCC(Nc2cccc(C(N)=S)n2)C1. The third kappa shape index (κ3) is 2.68. The van der Waals surface area contributed by atoms with Crippen LogP contribution in [0, 0.1) is 0 Å². The number of thiocarbonyl (C=S) groups is 1. The first-order valence-electron chi connectivity index (χ1n) is 5.37. The van der Waals surface area contributed by atoms with Gasteiger partial charge in [-0.05, 0) is 32.1 Å². The van der Waals surface area contributed by atoms with Crippen LogP contribution in [0.4, 0.5) is 5.82 Å². The van der Waals surface area contributed by atoms with Crippen molar-refractivity contribution in [2.45, 2.75) is 12.5 Å². The van der Waals surface area contributed by atoms with Crippen molar-refractivity contribution in [1.29, 1.82) is 0 Å². The van der Waals surface area contributed by atoms with E-state index in [4.69, 9.17) is 18.0 Å². The molecule has 1 fully saturated rings. The van der Waals surface area contributed by atoms with Crippen molar-refractivity contribution in [3.05, 3.63) is 23.9 Å². The molecule has 0 spiro atoms. The van der Waals surface area contributed by atoms with Crippen LogP contribution >= 0.6 is 12.2 Å². The molecule has 0 saturated carbocycles. The molecule has 1 aliphatic heterocycles. The first-order valence-corrected chi connectivity index (χ1v) is 5.78. The molecule has 0 bridgehead atoms. The number of hydrogen-bond acceptors (Lipinski definition) is 4. The maximum atomic E-state index is 5.55. The van der Waals surface area contributed by atoms with E-state index in [1.165, 1.54) is 0 Å². The van der Waals surface area contributed by atoms with E-state index in [1.807, 2.05) is 18.2 Å². The number of nitrogens with one attached hydrogen (secondary N) is 1. The number of rotatable bonds is 3. The summed E-state index contributed by atoms with van der Waals surface area (Å²) < 4.78 is 0. The van der Waals surface area contributed by atoms with Crippen molar-refractivity contribution < 1.29 is 0 Å². The largest absolute Gasteiger partial charge is 0.388 e. The number of likely N-dealkylation sites (tertiary alicyclic amines) is 1. The van der Waals surface area contributed by atoms with E-state index in [0.717, 1.165) is 25.3 Å². The van der Waals surface area contributed by atoms with E-state index in [0.29, 0.717) is 16.7 Å². The Morgan fingerprint density at radius 2 is 2.44 bits per heavy atom. The Morgan fingerprint density at radius 1 is 1.62 bits per heavy atom. The van der Waals surface area contributed by atoms with Gasteiger partial charge in [-0.3, -0.25) is 0 Å². The van der Waals surface area contributed by atoms with E-state index in [9.17, 15) is 0 Å². The van der Waals surface area contributed by atoms with Gasteiger partial charge in [0, 0.05) is 12.6 Å². The van der Waals surface area contributed by atoms with Crippen LogP contribution in [-0.2, 0) is 0 Å². The van der Waals surface area contributed by atoms with Gasteiger partial charge in [-0.2, -0.15) is 0 Å². The molecule has 1 unspecified atom stereocenters. The van der Waals surface area contributed by atoms with E-state index < -0.39 is 0 Å². The number of aromatic nitrogens is 1. The van der Waals surface area contributed by atoms with Crippen molar-refractivity contribution in [2.75, 3.05) is 25.5 Å². The molecule has 16 heavy (non-hydrogen) atoms. The van der Waals surface area contributed by atoms with Crippen molar-refractivity contribution in [3.63, 3.8) is 0 Å². The van der Waals surface area contributed by atoms with Gasteiger partial charge >= 0.3 is 0 Å². The highest BCUT2D eigenvalue weighted by molar-refractivity contribution is 7.80. The van der Waals surface area contributed by atoms with Gasteiger partial charge in [0.25, 0.3) is 0 Å². The minimum Gasteiger partial charge on any atom is -0.388 e. The maximum Gasteiger partial charge on any atom is 0.126 e. The fourth-order valence-corrected chi connectivity index (χ4v) is 2.03. The van der Waals surface area contributed by atoms with E-state index in [-0.39, 0.29) is 0 Å². The van der Waals surface area contributed by atoms with Crippen molar-refractivity contribution in [3.8, 4) is 0 Å². The standard InChI is InChI=1S/C11H16N4S/c1-15-6-5-8(7-15)13-10-4-2-3-9(14-10)11(12)16/h2-4,8H,5-7H2,1H3,(H2,12,16)(H,13,14). The number of nitrogens with two attached hydrogens (primary N) is 1. The van der Waals surface area contributed by atoms with Gasteiger partial charge in [0.05, 0.1) is 5.69 Å². The van der Waals surface area contributed by atoms with Crippen LogP contribution in [0.25, 0.3) is 0 Å². The summed E-state index contributed by atoms with van der Waals surface area (Å²) in [5, 5.41) is 3.40. The van der Waals surface area contributed by atoms with Gasteiger partial charge in [-0.15, -0.1) is 0 Å². The quantitative estimate of drug-likeness (QED) is 0.761. The predicted octanol–water partition coefficient (Wildman–Crippen LogP) is 0.832. The molecule has 1 atom stereocenters. The highest BCUT2D eigenvalue weighted by Gasteiger charge is 2.19. The first-order chi connectivity index (χ1) is 7.65. The van der Waals surface area contributed by atoms with Crippen LogP contribution in [0.15, 0.2) is 18.2 Å². The average Bonchev–Trinajstić information content (AvgIpc) is 2.64. The normalized spacial score (nSPS) is 20.9. The summed E-state index contributed by atoms with van der Waals surface area (Å²) >= 11 is 4.90. The summed E-state index contributed by atoms with van der Waals surface area (Å²) in [4.78, 5) is 7.01. The molecular weight excluding hydrogens is 220 g/mol. The van der Waals surface area contributed by atoms with Crippen LogP contribution in [0.5, 0.6) is 0 Å². The topological polar surface area (TPSA) is 54.2 Å². The number of hydrogen-bond donors (Lipinski definition) is 2. The highest BCUT2D eigenvalue weighted by atomic mass is 32.1. The Morgan fingerprint density at radius 3 is 3.06 bits per heavy atom.